The molecule has 3 nitrogen and oxygen atoms in total. The number of rotatable bonds is 5. The Hall–Kier alpha value is -2.64. The second-order valence-corrected chi connectivity index (χ2v) is 6.31. The monoisotopic (exact) mass is 386 g/mol. The molecule has 27 heavy (non-hydrogen) atoms. The van der Waals surface area contributed by atoms with E-state index in [0.717, 1.165) is 24.3 Å². The lowest BCUT2D eigenvalue weighted by molar-refractivity contribution is -0.137. The zero-order valence-corrected chi connectivity index (χ0v) is 14.8. The zero-order valence-electron chi connectivity index (χ0n) is 14.8. The number of nitrogens with zero attached hydrogens (tertiary/aromatic N) is 1. The third kappa shape index (κ3) is 5.67. The van der Waals surface area contributed by atoms with Crippen LogP contribution in [0.1, 0.15) is 23.6 Å². The minimum Gasteiger partial charge on any atom is -0.335 e. The highest BCUT2D eigenvalue weighted by Crippen LogP contribution is 2.29. The molecule has 1 unspecified atom stereocenters. The SMILES string of the molecule is CC(Cc1c(F)cccc1F)NC(=O)N(C)Cc1ccc(C(F)(F)F)cc1. The van der Waals surface area contributed by atoms with Gasteiger partial charge in [0.2, 0.25) is 0 Å². The third-order valence-corrected chi connectivity index (χ3v) is 3.99. The van der Waals surface area contributed by atoms with Crippen molar-refractivity contribution in [2.45, 2.75) is 32.1 Å². The van der Waals surface area contributed by atoms with Gasteiger partial charge in [-0.25, -0.2) is 13.6 Å². The first kappa shape index (κ1) is 20.7. The molecule has 0 fully saturated rings. The maximum atomic E-state index is 13.7. The number of hydrogen-bond acceptors (Lipinski definition) is 1. The van der Waals surface area contributed by atoms with Crippen LogP contribution in [0.2, 0.25) is 0 Å². The summed E-state index contributed by atoms with van der Waals surface area (Å²) < 4.78 is 65.0. The lowest BCUT2D eigenvalue weighted by Gasteiger charge is -2.22. The summed E-state index contributed by atoms with van der Waals surface area (Å²) in [5.74, 6) is -1.37. The minimum absolute atomic E-state index is 0.0294. The summed E-state index contributed by atoms with van der Waals surface area (Å²) >= 11 is 0. The summed E-state index contributed by atoms with van der Waals surface area (Å²) in [7, 11) is 1.48. The second kappa shape index (κ2) is 8.37. The van der Waals surface area contributed by atoms with E-state index >= 15 is 0 Å². The van der Waals surface area contributed by atoms with Crippen LogP contribution in [-0.4, -0.2) is 24.0 Å². The van der Waals surface area contributed by atoms with E-state index in [9.17, 15) is 26.7 Å². The average Bonchev–Trinajstić information content (AvgIpc) is 2.58. The average molecular weight is 386 g/mol. The largest absolute Gasteiger partial charge is 0.416 e. The number of hydrogen-bond donors (Lipinski definition) is 1. The van der Waals surface area contributed by atoms with Gasteiger partial charge >= 0.3 is 12.2 Å². The van der Waals surface area contributed by atoms with E-state index in [4.69, 9.17) is 0 Å². The standard InChI is InChI=1S/C19H19F5N2O/c1-12(10-15-16(20)4-3-5-17(15)21)25-18(27)26(2)11-13-6-8-14(9-7-13)19(22,23)24/h3-9,12H,10-11H2,1-2H3,(H,25,27). The van der Waals surface area contributed by atoms with Crippen molar-refractivity contribution in [1.82, 2.24) is 10.2 Å². The van der Waals surface area contributed by atoms with Crippen LogP contribution in [-0.2, 0) is 19.1 Å². The first-order chi connectivity index (χ1) is 12.6. The van der Waals surface area contributed by atoms with Crippen molar-refractivity contribution >= 4 is 6.03 Å². The van der Waals surface area contributed by atoms with Crippen molar-refractivity contribution in [3.05, 3.63) is 70.8 Å². The first-order valence-corrected chi connectivity index (χ1v) is 8.18. The van der Waals surface area contributed by atoms with Gasteiger partial charge in [0.15, 0.2) is 0 Å². The van der Waals surface area contributed by atoms with Crippen LogP contribution < -0.4 is 5.32 Å². The van der Waals surface area contributed by atoms with E-state index in [1.165, 1.54) is 30.1 Å². The molecule has 0 saturated carbocycles. The molecule has 2 rings (SSSR count). The Morgan fingerprint density at radius 3 is 2.15 bits per heavy atom. The highest BCUT2D eigenvalue weighted by atomic mass is 19.4. The number of benzene rings is 2. The van der Waals surface area contributed by atoms with Gasteiger partial charge in [0.05, 0.1) is 5.56 Å². The van der Waals surface area contributed by atoms with E-state index in [0.29, 0.717) is 5.56 Å². The zero-order chi connectivity index (χ0) is 20.2. The van der Waals surface area contributed by atoms with E-state index in [1.54, 1.807) is 6.92 Å². The quantitative estimate of drug-likeness (QED) is 0.739. The molecule has 1 N–H and O–H groups in total. The van der Waals surface area contributed by atoms with E-state index < -0.39 is 35.4 Å². The summed E-state index contributed by atoms with van der Waals surface area (Å²) in [6.45, 7) is 1.69. The molecule has 2 aromatic rings. The maximum absolute atomic E-state index is 13.7. The van der Waals surface area contributed by atoms with Gasteiger partial charge in [-0.05, 0) is 43.2 Å². The second-order valence-electron chi connectivity index (χ2n) is 6.31. The van der Waals surface area contributed by atoms with E-state index in [-0.39, 0.29) is 18.5 Å². The first-order valence-electron chi connectivity index (χ1n) is 8.18. The number of alkyl halides is 3. The fraction of sp³-hybridized carbons (Fsp3) is 0.316. The molecular formula is C19H19F5N2O. The Morgan fingerprint density at radius 1 is 1.07 bits per heavy atom. The molecule has 0 heterocycles. The number of carbonyl (C=O) groups is 1. The molecule has 0 bridgehead atoms. The number of amides is 2. The molecule has 0 aliphatic carbocycles. The van der Waals surface area contributed by atoms with Gasteiger partial charge in [-0.1, -0.05) is 18.2 Å². The predicted molar refractivity (Wildman–Crippen MR) is 91.0 cm³/mol. The topological polar surface area (TPSA) is 32.3 Å². The fourth-order valence-corrected chi connectivity index (χ4v) is 2.55. The molecule has 0 aromatic heterocycles. The lowest BCUT2D eigenvalue weighted by Crippen LogP contribution is -2.42. The molecule has 0 spiro atoms. The number of urea groups is 1. The van der Waals surface area contributed by atoms with Crippen molar-refractivity contribution < 1.29 is 26.7 Å². The summed E-state index contributed by atoms with van der Waals surface area (Å²) in [5.41, 5.74) is -0.358. The summed E-state index contributed by atoms with van der Waals surface area (Å²) in [4.78, 5) is 13.5. The molecule has 8 heteroatoms. The van der Waals surface area contributed by atoms with Gasteiger partial charge in [-0.3, -0.25) is 0 Å². The highest BCUT2D eigenvalue weighted by Gasteiger charge is 2.30. The summed E-state index contributed by atoms with van der Waals surface area (Å²) in [6.07, 6.45) is -4.45. The van der Waals surface area contributed by atoms with Crippen LogP contribution >= 0.6 is 0 Å². The van der Waals surface area contributed by atoms with Crippen LogP contribution in [0.25, 0.3) is 0 Å². The Labute approximate surface area is 153 Å². The van der Waals surface area contributed by atoms with Crippen LogP contribution in [0.3, 0.4) is 0 Å². The van der Waals surface area contributed by atoms with E-state index in [1.807, 2.05) is 0 Å². The van der Waals surface area contributed by atoms with Crippen LogP contribution in [0, 0.1) is 11.6 Å². The van der Waals surface area contributed by atoms with Crippen molar-refractivity contribution in [2.24, 2.45) is 0 Å². The van der Waals surface area contributed by atoms with Gasteiger partial charge in [0.1, 0.15) is 11.6 Å². The van der Waals surface area contributed by atoms with Crippen LogP contribution in [0.5, 0.6) is 0 Å². The van der Waals surface area contributed by atoms with Crippen LogP contribution in [0.15, 0.2) is 42.5 Å². The molecule has 0 aliphatic rings. The Kier molecular flexibility index (Phi) is 6.41. The third-order valence-electron chi connectivity index (χ3n) is 3.99. The minimum atomic E-state index is -4.42. The van der Waals surface area contributed by atoms with Gasteiger partial charge in [0.25, 0.3) is 0 Å². The molecular weight excluding hydrogens is 367 g/mol. The Morgan fingerprint density at radius 2 is 1.63 bits per heavy atom. The Balaban J connectivity index is 1.93. The van der Waals surface area contributed by atoms with Crippen molar-refractivity contribution in [3.8, 4) is 0 Å². The summed E-state index contributed by atoms with van der Waals surface area (Å²) in [5, 5.41) is 2.61. The molecule has 0 aliphatic heterocycles. The number of nitrogens with one attached hydrogen (secondary N) is 1. The molecule has 0 saturated heterocycles. The molecule has 2 aromatic carbocycles. The van der Waals surface area contributed by atoms with Gasteiger partial charge < -0.3 is 10.2 Å². The van der Waals surface area contributed by atoms with Crippen molar-refractivity contribution in [1.29, 1.82) is 0 Å². The molecule has 1 atom stereocenters. The molecule has 0 radical (unpaired) electrons. The number of carbonyl (C=O) groups excluding carboxylic acids is 1. The number of halogens is 5. The van der Waals surface area contributed by atoms with Gasteiger partial charge in [-0.2, -0.15) is 13.2 Å². The van der Waals surface area contributed by atoms with Crippen LogP contribution in [0.4, 0.5) is 26.7 Å². The maximum Gasteiger partial charge on any atom is 0.416 e. The predicted octanol–water partition coefficient (Wildman–Crippen LogP) is 4.76. The smallest absolute Gasteiger partial charge is 0.335 e. The highest BCUT2D eigenvalue weighted by molar-refractivity contribution is 5.74. The van der Waals surface area contributed by atoms with Crippen molar-refractivity contribution in [2.75, 3.05) is 7.05 Å². The van der Waals surface area contributed by atoms with E-state index in [2.05, 4.69) is 5.32 Å². The lowest BCUT2D eigenvalue weighted by atomic mass is 10.1. The van der Waals surface area contributed by atoms with Crippen molar-refractivity contribution in [3.63, 3.8) is 0 Å². The van der Waals surface area contributed by atoms with Gasteiger partial charge in [0, 0.05) is 25.2 Å². The Bertz CT molecular complexity index is 769. The fourth-order valence-electron chi connectivity index (χ4n) is 2.55. The summed E-state index contributed by atoms with van der Waals surface area (Å²) in [6, 6.07) is 6.99. The molecule has 2 amide bonds. The van der Waals surface area contributed by atoms with Gasteiger partial charge in [-0.15, -0.1) is 0 Å². The molecule has 146 valence electrons. The normalized spacial score (nSPS) is 12.6.